The maximum absolute atomic E-state index is 15.0. The Bertz CT molecular complexity index is 1690. The SMILES string of the molecule is CC1(C)CC=C=CC[C@](OCc2ccccc2)(C(F)(F)F)c2nnc(o2)-c2nc(c(C(F)(F)F)cc2NC(=O)OC(C)(C)C)C(=O)C1. The Morgan fingerprint density at radius 3 is 2.28 bits per heavy atom. The number of aromatic nitrogens is 3. The van der Waals surface area contributed by atoms with E-state index in [-0.39, 0.29) is 6.42 Å². The zero-order valence-electron chi connectivity index (χ0n) is 26.1. The molecule has 1 aromatic carbocycles. The number of ketones is 1. The van der Waals surface area contributed by atoms with Crippen LogP contribution in [-0.4, -0.2) is 38.8 Å². The maximum Gasteiger partial charge on any atom is 0.426 e. The van der Waals surface area contributed by atoms with Gasteiger partial charge in [-0.25, -0.2) is 9.78 Å². The highest BCUT2D eigenvalue weighted by Gasteiger charge is 2.61. The fraction of sp³-hybridized carbons (Fsp3) is 0.438. The van der Waals surface area contributed by atoms with Crippen LogP contribution in [0.15, 0.2) is 58.7 Å². The smallest absolute Gasteiger partial charge is 0.426 e. The molecule has 1 aliphatic heterocycles. The molecule has 47 heavy (non-hydrogen) atoms. The number of anilines is 1. The molecule has 252 valence electrons. The molecule has 0 fully saturated rings. The van der Waals surface area contributed by atoms with E-state index < -0.39 is 94.7 Å². The number of halogens is 6. The third kappa shape index (κ3) is 8.46. The highest BCUT2D eigenvalue weighted by atomic mass is 19.4. The molecule has 1 amide bonds. The molecule has 0 aliphatic carbocycles. The number of hydrogen-bond donors (Lipinski definition) is 1. The predicted molar refractivity (Wildman–Crippen MR) is 156 cm³/mol. The van der Waals surface area contributed by atoms with Crippen molar-refractivity contribution in [1.29, 1.82) is 0 Å². The van der Waals surface area contributed by atoms with Crippen molar-refractivity contribution in [3.05, 3.63) is 77.0 Å². The summed E-state index contributed by atoms with van der Waals surface area (Å²) < 4.78 is 104. The number of alkyl halides is 6. The molecule has 0 radical (unpaired) electrons. The number of ether oxygens (including phenoxy) is 2. The third-order valence-electron chi connectivity index (χ3n) is 6.91. The second-order valence-electron chi connectivity index (χ2n) is 12.7. The maximum atomic E-state index is 15.0. The van der Waals surface area contributed by atoms with Gasteiger partial charge in [-0.05, 0) is 56.4 Å². The minimum Gasteiger partial charge on any atom is -0.444 e. The first-order valence-electron chi connectivity index (χ1n) is 14.3. The molecule has 2 aromatic heterocycles. The van der Waals surface area contributed by atoms with Crippen LogP contribution in [0, 0.1) is 5.41 Å². The number of rotatable bonds is 4. The van der Waals surface area contributed by atoms with Crippen LogP contribution in [0.4, 0.5) is 36.8 Å². The monoisotopic (exact) mass is 666 g/mol. The lowest BCUT2D eigenvalue weighted by atomic mass is 9.82. The summed E-state index contributed by atoms with van der Waals surface area (Å²) in [6, 6.07) is 8.42. The lowest BCUT2D eigenvalue weighted by molar-refractivity contribution is -0.295. The summed E-state index contributed by atoms with van der Waals surface area (Å²) >= 11 is 0. The molecule has 0 unspecified atom stereocenters. The molecule has 9 nitrogen and oxygen atoms in total. The van der Waals surface area contributed by atoms with Crippen molar-refractivity contribution in [2.24, 2.45) is 5.41 Å². The number of carbonyl (C=O) groups is 2. The Hall–Kier alpha value is -4.49. The predicted octanol–water partition coefficient (Wildman–Crippen LogP) is 8.58. The Balaban J connectivity index is 1.98. The van der Waals surface area contributed by atoms with Crippen LogP contribution in [0.2, 0.25) is 0 Å². The lowest BCUT2D eigenvalue weighted by Gasteiger charge is -2.31. The minimum absolute atomic E-state index is 0.0653. The molecule has 4 bridgehead atoms. The Morgan fingerprint density at radius 1 is 1.00 bits per heavy atom. The average molecular weight is 667 g/mol. The first-order chi connectivity index (χ1) is 21.7. The van der Waals surface area contributed by atoms with Gasteiger partial charge in [-0.2, -0.15) is 26.3 Å². The zero-order valence-corrected chi connectivity index (χ0v) is 26.1. The molecule has 3 heterocycles. The van der Waals surface area contributed by atoms with E-state index in [9.17, 15) is 22.8 Å². The van der Waals surface area contributed by atoms with Crippen LogP contribution >= 0.6 is 0 Å². The van der Waals surface area contributed by atoms with E-state index in [0.29, 0.717) is 11.6 Å². The van der Waals surface area contributed by atoms with Gasteiger partial charge in [0, 0.05) is 12.8 Å². The number of nitrogens with one attached hydrogen (secondary N) is 1. The Labute approximate surface area is 266 Å². The van der Waals surface area contributed by atoms with Gasteiger partial charge in [-0.1, -0.05) is 44.2 Å². The summed E-state index contributed by atoms with van der Waals surface area (Å²) in [6.07, 6.45) is -10.3. The summed E-state index contributed by atoms with van der Waals surface area (Å²) in [5, 5.41) is 9.39. The van der Waals surface area contributed by atoms with Gasteiger partial charge in [0.05, 0.1) is 17.9 Å². The highest BCUT2D eigenvalue weighted by molar-refractivity contribution is 5.98. The first kappa shape index (κ1) is 35.4. The van der Waals surface area contributed by atoms with Crippen LogP contribution in [0.3, 0.4) is 0 Å². The molecule has 0 spiro atoms. The largest absolute Gasteiger partial charge is 0.444 e. The molecule has 1 N–H and O–H groups in total. The summed E-state index contributed by atoms with van der Waals surface area (Å²) in [6.45, 7) is 7.17. The van der Waals surface area contributed by atoms with Crippen molar-refractivity contribution in [1.82, 2.24) is 15.2 Å². The number of hydrogen-bond acceptors (Lipinski definition) is 8. The average Bonchev–Trinajstić information content (AvgIpc) is 3.42. The van der Waals surface area contributed by atoms with Crippen LogP contribution in [0.25, 0.3) is 11.6 Å². The van der Waals surface area contributed by atoms with Gasteiger partial charge in [0.2, 0.25) is 5.60 Å². The van der Waals surface area contributed by atoms with E-state index >= 15 is 13.2 Å². The van der Waals surface area contributed by atoms with Gasteiger partial charge >= 0.3 is 18.4 Å². The number of nitrogens with zero attached hydrogens (tertiary/aromatic N) is 3. The van der Waals surface area contributed by atoms with Crippen molar-refractivity contribution in [2.45, 2.75) is 84.0 Å². The van der Waals surface area contributed by atoms with Crippen molar-refractivity contribution >= 4 is 17.6 Å². The van der Waals surface area contributed by atoms with Crippen molar-refractivity contribution < 1.29 is 49.8 Å². The molecular weight excluding hydrogens is 634 g/mol. The topological polar surface area (TPSA) is 116 Å². The van der Waals surface area contributed by atoms with Gasteiger partial charge in [0.15, 0.2) is 11.5 Å². The lowest BCUT2D eigenvalue weighted by Crippen LogP contribution is -2.45. The minimum atomic E-state index is -5.16. The van der Waals surface area contributed by atoms with Crippen molar-refractivity contribution in [3.8, 4) is 11.6 Å². The fourth-order valence-electron chi connectivity index (χ4n) is 4.62. The highest BCUT2D eigenvalue weighted by Crippen LogP contribution is 2.47. The van der Waals surface area contributed by atoms with Gasteiger partial charge in [0.25, 0.3) is 11.8 Å². The Kier molecular flexibility index (Phi) is 9.75. The Morgan fingerprint density at radius 2 is 1.66 bits per heavy atom. The molecular formula is C32H32F6N4O5. The van der Waals surface area contributed by atoms with E-state index in [1.807, 2.05) is 0 Å². The first-order valence-corrected chi connectivity index (χ1v) is 14.3. The van der Waals surface area contributed by atoms with Gasteiger partial charge in [-0.3, -0.25) is 10.1 Å². The summed E-state index contributed by atoms with van der Waals surface area (Å²) in [5.74, 6) is -2.93. The number of Topliss-reactive ketones (excluding diaryl/α,β-unsaturated/α-hetero) is 1. The van der Waals surface area contributed by atoms with E-state index in [2.05, 4.69) is 26.2 Å². The summed E-state index contributed by atoms with van der Waals surface area (Å²) in [7, 11) is 0. The van der Waals surface area contributed by atoms with Gasteiger partial charge < -0.3 is 13.9 Å². The molecule has 3 aromatic rings. The second-order valence-corrected chi connectivity index (χ2v) is 12.7. The molecule has 15 heteroatoms. The summed E-state index contributed by atoms with van der Waals surface area (Å²) in [5.41, 5.74) is -6.18. The van der Waals surface area contributed by atoms with E-state index in [1.165, 1.54) is 26.8 Å². The second kappa shape index (κ2) is 13.0. The van der Waals surface area contributed by atoms with Crippen LogP contribution in [0.5, 0.6) is 0 Å². The number of amides is 1. The van der Waals surface area contributed by atoms with Crippen LogP contribution in [-0.2, 0) is 27.9 Å². The summed E-state index contributed by atoms with van der Waals surface area (Å²) in [4.78, 5) is 30.0. The van der Waals surface area contributed by atoms with Crippen molar-refractivity contribution in [2.75, 3.05) is 5.32 Å². The molecule has 1 aliphatic rings. The fourth-order valence-corrected chi connectivity index (χ4v) is 4.62. The standard InChI is InChI=1S/C32H32F6N4O5/c1-28(2,3)47-27(44)39-21-16-20(31(33,34)35)23-22(43)17-29(4,5)14-10-7-11-15-30(32(36,37)38,45-18-19-12-8-6-9-13-19)26-42-41-25(46-26)24(21)40-23/h6,8-13,16H,14-15,17-18H2,1-5H3,(H,39,44)/t7?,30-/m1/s1. The van der Waals surface area contributed by atoms with Gasteiger partial charge in [0.1, 0.15) is 11.3 Å². The number of benzene rings is 1. The normalized spacial score (nSPS) is 18.7. The van der Waals surface area contributed by atoms with Crippen LogP contribution in [0.1, 0.15) is 81.4 Å². The molecule has 1 atom stereocenters. The zero-order chi connectivity index (χ0) is 34.8. The quantitative estimate of drug-likeness (QED) is 0.218. The van der Waals surface area contributed by atoms with E-state index in [0.717, 1.165) is 6.08 Å². The van der Waals surface area contributed by atoms with E-state index in [1.54, 1.807) is 44.2 Å². The number of fused-ring (bicyclic) bond motifs is 5. The molecule has 4 rings (SSSR count). The van der Waals surface area contributed by atoms with Crippen molar-refractivity contribution in [3.63, 3.8) is 0 Å². The molecule has 0 saturated heterocycles. The van der Waals surface area contributed by atoms with Crippen LogP contribution < -0.4 is 5.32 Å². The number of pyridine rings is 1. The van der Waals surface area contributed by atoms with E-state index in [4.69, 9.17) is 13.9 Å². The van der Waals surface area contributed by atoms with Gasteiger partial charge in [-0.15, -0.1) is 15.9 Å². The molecule has 0 saturated carbocycles. The third-order valence-corrected chi connectivity index (χ3v) is 6.91. The number of carbonyl (C=O) groups excluding carboxylic acids is 2.